The molecule has 0 bridgehead atoms. The number of halogens is 4. The summed E-state index contributed by atoms with van der Waals surface area (Å²) in [5.74, 6) is -1.59. The summed E-state index contributed by atoms with van der Waals surface area (Å²) in [5, 5.41) is 17.2. The summed E-state index contributed by atoms with van der Waals surface area (Å²) in [4.78, 5) is 27.8. The summed E-state index contributed by atoms with van der Waals surface area (Å²) < 4.78 is 43.5. The zero-order valence-corrected chi connectivity index (χ0v) is 15.7. The summed E-state index contributed by atoms with van der Waals surface area (Å²) in [5.41, 5.74) is -0.412. The van der Waals surface area contributed by atoms with E-state index in [0.717, 1.165) is 18.2 Å². The number of ether oxygens (including phenoxy) is 1. The van der Waals surface area contributed by atoms with E-state index in [1.807, 2.05) is 0 Å². The highest BCUT2D eigenvalue weighted by atomic mass is 35.5. The van der Waals surface area contributed by atoms with E-state index in [9.17, 15) is 28.1 Å². The first-order valence-electron chi connectivity index (χ1n) is 8.43. The molecular weight excluding hydrogens is 431 g/mol. The normalized spacial score (nSPS) is 15.5. The van der Waals surface area contributed by atoms with Crippen LogP contribution in [0.1, 0.15) is 12.0 Å². The van der Waals surface area contributed by atoms with Crippen molar-refractivity contribution in [2.45, 2.75) is 19.0 Å². The van der Waals surface area contributed by atoms with Gasteiger partial charge in [0.25, 0.3) is 18.0 Å². The molecule has 2 aromatic carbocycles. The smallest absolute Gasteiger partial charge is 0.275 e. The SMILES string of the molecule is O=C(Nc1cc(OCC(F)F)cc([N+](=O)[O-])c1)C1CC(c2c(F)cccc2Cl)=NO1. The highest BCUT2D eigenvalue weighted by Gasteiger charge is 2.31. The van der Waals surface area contributed by atoms with E-state index < -0.39 is 41.5 Å². The van der Waals surface area contributed by atoms with Crippen LogP contribution in [-0.4, -0.2) is 35.7 Å². The van der Waals surface area contributed by atoms with E-state index in [4.69, 9.17) is 21.2 Å². The quantitative estimate of drug-likeness (QED) is 0.511. The van der Waals surface area contributed by atoms with Crippen LogP contribution in [0.3, 0.4) is 0 Å². The van der Waals surface area contributed by atoms with E-state index >= 15 is 0 Å². The summed E-state index contributed by atoms with van der Waals surface area (Å²) in [6.07, 6.45) is -4.04. The molecule has 30 heavy (non-hydrogen) atoms. The van der Waals surface area contributed by atoms with Gasteiger partial charge < -0.3 is 14.9 Å². The van der Waals surface area contributed by atoms with Gasteiger partial charge in [0.05, 0.1) is 33.0 Å². The van der Waals surface area contributed by atoms with Gasteiger partial charge in [0, 0.05) is 18.6 Å². The number of carbonyl (C=O) groups excluding carboxylic acids is 1. The highest BCUT2D eigenvalue weighted by molar-refractivity contribution is 6.34. The van der Waals surface area contributed by atoms with Crippen LogP contribution in [-0.2, 0) is 9.63 Å². The Morgan fingerprint density at radius 2 is 2.17 bits per heavy atom. The lowest BCUT2D eigenvalue weighted by atomic mass is 10.0. The van der Waals surface area contributed by atoms with Gasteiger partial charge in [0.15, 0.2) is 0 Å². The first-order valence-corrected chi connectivity index (χ1v) is 8.80. The molecule has 12 heteroatoms. The number of nitro benzene ring substituents is 1. The molecule has 1 aliphatic heterocycles. The third-order valence-electron chi connectivity index (χ3n) is 3.96. The van der Waals surface area contributed by atoms with Crippen molar-refractivity contribution >= 4 is 34.6 Å². The Balaban J connectivity index is 1.72. The lowest BCUT2D eigenvalue weighted by Gasteiger charge is -2.11. The maximum atomic E-state index is 14.0. The van der Waals surface area contributed by atoms with Gasteiger partial charge in [-0.25, -0.2) is 13.2 Å². The van der Waals surface area contributed by atoms with Gasteiger partial charge in [-0.3, -0.25) is 14.9 Å². The standard InChI is InChI=1S/C18H13ClF3N3O5/c19-12-2-1-3-13(20)17(12)14-7-15(30-24-14)18(26)23-9-4-10(25(27)28)6-11(5-9)29-8-16(21)22/h1-6,15-16H,7-8H2,(H,23,26). The van der Waals surface area contributed by atoms with Gasteiger partial charge in [-0.15, -0.1) is 0 Å². The molecular formula is C18H13ClF3N3O5. The first-order chi connectivity index (χ1) is 14.2. The number of oxime groups is 1. The van der Waals surface area contributed by atoms with Crippen molar-refractivity contribution in [3.63, 3.8) is 0 Å². The van der Waals surface area contributed by atoms with Crippen LogP contribution >= 0.6 is 11.6 Å². The zero-order chi connectivity index (χ0) is 21.8. The Morgan fingerprint density at radius 3 is 2.83 bits per heavy atom. The molecule has 8 nitrogen and oxygen atoms in total. The van der Waals surface area contributed by atoms with Crippen molar-refractivity contribution in [3.05, 3.63) is 62.9 Å². The molecule has 1 heterocycles. The molecule has 0 aliphatic carbocycles. The second-order valence-electron chi connectivity index (χ2n) is 6.10. The Morgan fingerprint density at radius 1 is 1.40 bits per heavy atom. The maximum absolute atomic E-state index is 14.0. The fraction of sp³-hybridized carbons (Fsp3) is 0.222. The van der Waals surface area contributed by atoms with Gasteiger partial charge in [-0.2, -0.15) is 0 Å². The Kier molecular flexibility index (Phi) is 6.40. The monoisotopic (exact) mass is 443 g/mol. The number of nitrogens with zero attached hydrogens (tertiary/aromatic N) is 2. The van der Waals surface area contributed by atoms with Crippen LogP contribution in [0.4, 0.5) is 24.5 Å². The minimum absolute atomic E-state index is 0.00695. The van der Waals surface area contributed by atoms with Crippen molar-refractivity contribution in [2.24, 2.45) is 5.16 Å². The Labute approximate surface area is 172 Å². The van der Waals surface area contributed by atoms with Crippen LogP contribution in [0.25, 0.3) is 0 Å². The number of nitrogens with one attached hydrogen (secondary N) is 1. The molecule has 2 aromatic rings. The van der Waals surface area contributed by atoms with Gasteiger partial charge in [-0.05, 0) is 12.1 Å². The van der Waals surface area contributed by atoms with Gasteiger partial charge in [0.1, 0.15) is 18.2 Å². The predicted octanol–water partition coefficient (Wildman–Crippen LogP) is 4.16. The molecule has 1 aliphatic rings. The van der Waals surface area contributed by atoms with Crippen LogP contribution in [0.15, 0.2) is 41.6 Å². The number of alkyl halides is 2. The lowest BCUT2D eigenvalue weighted by molar-refractivity contribution is -0.384. The predicted molar refractivity (Wildman–Crippen MR) is 101 cm³/mol. The second kappa shape index (κ2) is 8.99. The van der Waals surface area contributed by atoms with Crippen LogP contribution in [0.5, 0.6) is 5.75 Å². The maximum Gasteiger partial charge on any atom is 0.275 e. The van der Waals surface area contributed by atoms with E-state index in [1.54, 1.807) is 0 Å². The molecule has 0 radical (unpaired) electrons. The molecule has 1 unspecified atom stereocenters. The van der Waals surface area contributed by atoms with E-state index in [-0.39, 0.29) is 34.2 Å². The molecule has 0 aromatic heterocycles. The molecule has 3 rings (SSSR count). The van der Waals surface area contributed by atoms with E-state index in [2.05, 4.69) is 10.5 Å². The number of hydrogen-bond donors (Lipinski definition) is 1. The molecule has 158 valence electrons. The number of rotatable bonds is 7. The van der Waals surface area contributed by atoms with Gasteiger partial charge in [-0.1, -0.05) is 22.8 Å². The average Bonchev–Trinajstić information content (AvgIpc) is 3.16. The van der Waals surface area contributed by atoms with E-state index in [0.29, 0.717) is 0 Å². The van der Waals surface area contributed by atoms with Crippen LogP contribution in [0, 0.1) is 15.9 Å². The Bertz CT molecular complexity index is 998. The molecule has 1 atom stereocenters. The van der Waals surface area contributed by atoms with E-state index in [1.165, 1.54) is 18.2 Å². The molecule has 0 fully saturated rings. The first kappa shape index (κ1) is 21.4. The summed E-state index contributed by atoms with van der Waals surface area (Å²) in [6.45, 7) is -0.971. The number of carbonyl (C=O) groups is 1. The average molecular weight is 444 g/mol. The summed E-state index contributed by atoms with van der Waals surface area (Å²) >= 11 is 5.97. The van der Waals surface area contributed by atoms with Crippen molar-refractivity contribution < 1.29 is 32.5 Å². The van der Waals surface area contributed by atoms with Crippen molar-refractivity contribution in [3.8, 4) is 5.75 Å². The number of anilines is 1. The Hall–Kier alpha value is -3.34. The fourth-order valence-corrected chi connectivity index (χ4v) is 2.94. The zero-order valence-electron chi connectivity index (χ0n) is 15.0. The van der Waals surface area contributed by atoms with Crippen molar-refractivity contribution in [1.29, 1.82) is 0 Å². The number of non-ortho nitro benzene ring substituents is 1. The van der Waals surface area contributed by atoms with Crippen LogP contribution in [0.2, 0.25) is 5.02 Å². The van der Waals surface area contributed by atoms with Crippen molar-refractivity contribution in [1.82, 2.24) is 0 Å². The molecule has 0 saturated heterocycles. The fourth-order valence-electron chi connectivity index (χ4n) is 2.67. The third kappa shape index (κ3) is 4.98. The molecule has 1 N–H and O–H groups in total. The number of amides is 1. The van der Waals surface area contributed by atoms with Gasteiger partial charge >= 0.3 is 0 Å². The minimum Gasteiger partial charge on any atom is -0.487 e. The largest absolute Gasteiger partial charge is 0.487 e. The number of nitro groups is 1. The third-order valence-corrected chi connectivity index (χ3v) is 4.27. The lowest BCUT2D eigenvalue weighted by Crippen LogP contribution is -2.28. The molecule has 0 spiro atoms. The van der Waals surface area contributed by atoms with Crippen molar-refractivity contribution in [2.75, 3.05) is 11.9 Å². The number of benzene rings is 2. The molecule has 0 saturated carbocycles. The topological polar surface area (TPSA) is 103 Å². The highest BCUT2D eigenvalue weighted by Crippen LogP contribution is 2.29. The molecule has 1 amide bonds. The summed E-state index contributed by atoms with van der Waals surface area (Å²) in [6, 6.07) is 7.18. The second-order valence-corrected chi connectivity index (χ2v) is 6.50. The van der Waals surface area contributed by atoms with Gasteiger partial charge in [0.2, 0.25) is 6.10 Å². The summed E-state index contributed by atoms with van der Waals surface area (Å²) in [7, 11) is 0. The van der Waals surface area contributed by atoms with Crippen LogP contribution < -0.4 is 10.1 Å². The minimum atomic E-state index is -2.78. The number of hydrogen-bond acceptors (Lipinski definition) is 6.